The first-order valence-corrected chi connectivity index (χ1v) is 13.3. The Kier molecular flexibility index (Phi) is 5.64. The van der Waals surface area contributed by atoms with Crippen LogP contribution in [0.1, 0.15) is 35.6 Å². The first-order chi connectivity index (χ1) is 18.6. The number of quaternary nitrogens is 1. The Labute approximate surface area is 221 Å². The maximum atomic E-state index is 14.5. The Balaban J connectivity index is 1.13. The molecule has 5 heterocycles. The minimum atomic E-state index is -1.72. The van der Waals surface area contributed by atoms with E-state index in [0.717, 1.165) is 60.0 Å². The predicted octanol–water partition coefficient (Wildman–Crippen LogP) is 4.24. The van der Waals surface area contributed by atoms with Crippen molar-refractivity contribution in [3.8, 4) is 17.2 Å². The van der Waals surface area contributed by atoms with Crippen LogP contribution in [-0.2, 0) is 12.1 Å². The lowest BCUT2D eigenvalue weighted by Gasteiger charge is -2.51. The molecule has 0 N–H and O–H groups in total. The number of fused-ring (bicyclic) bond motifs is 4. The van der Waals surface area contributed by atoms with Crippen molar-refractivity contribution in [2.45, 2.75) is 31.1 Å². The van der Waals surface area contributed by atoms with Crippen molar-refractivity contribution in [3.63, 3.8) is 0 Å². The van der Waals surface area contributed by atoms with Crippen LogP contribution in [0.15, 0.2) is 89.5 Å². The van der Waals surface area contributed by atoms with Gasteiger partial charge in [-0.1, -0.05) is 60.7 Å². The van der Waals surface area contributed by atoms with Gasteiger partial charge < -0.3 is 28.2 Å². The Hall–Kier alpha value is -3.81. The lowest BCUT2D eigenvalue weighted by Crippen LogP contribution is -2.64. The molecule has 0 spiro atoms. The third-order valence-electron chi connectivity index (χ3n) is 8.38. The van der Waals surface area contributed by atoms with Crippen LogP contribution in [0.4, 0.5) is 0 Å². The molecule has 0 unspecified atom stereocenters. The molecule has 1 atom stereocenters. The number of hydrogen-bond acceptors (Lipinski definition) is 6. The molecule has 194 valence electrons. The monoisotopic (exact) mass is 510 g/mol. The third-order valence-corrected chi connectivity index (χ3v) is 8.38. The number of oxazole rings is 1. The van der Waals surface area contributed by atoms with Crippen LogP contribution < -0.4 is 19.3 Å². The molecule has 7 heteroatoms. The zero-order valence-corrected chi connectivity index (χ0v) is 21.1. The summed E-state index contributed by atoms with van der Waals surface area (Å²) >= 11 is 0. The van der Waals surface area contributed by atoms with Gasteiger partial charge in [-0.25, -0.2) is 4.98 Å². The Morgan fingerprint density at radius 3 is 2.29 bits per heavy atom. The molecule has 4 aromatic rings. The summed E-state index contributed by atoms with van der Waals surface area (Å²) in [7, 11) is 0. The van der Waals surface area contributed by atoms with E-state index in [0.29, 0.717) is 23.6 Å². The number of rotatable bonds is 7. The molecule has 0 radical (unpaired) electrons. The second-order valence-electron chi connectivity index (χ2n) is 10.7. The second-order valence-corrected chi connectivity index (χ2v) is 10.7. The lowest BCUT2D eigenvalue weighted by atomic mass is 9.83. The standard InChI is InChI=1S/C31H30N2O5/c34-31(23-7-3-1-4-8-23,24-9-5-2-6-10-24)30-32-18-26(38-30)19-33-15-13-22(14-16-33)29(20-33)37-25-11-12-27-28(17-25)36-21-35-27/h1-12,17-18,22,29H,13-16,19-21H2/t22?,29-,33?/m0/s1. The first-order valence-electron chi connectivity index (χ1n) is 13.3. The van der Waals surface area contributed by atoms with Gasteiger partial charge in [0.25, 0.3) is 0 Å². The van der Waals surface area contributed by atoms with E-state index in [1.165, 1.54) is 0 Å². The molecule has 3 aromatic carbocycles. The van der Waals surface area contributed by atoms with Crippen molar-refractivity contribution < 1.29 is 28.2 Å². The van der Waals surface area contributed by atoms with Gasteiger partial charge in [-0.15, -0.1) is 0 Å². The summed E-state index contributed by atoms with van der Waals surface area (Å²) in [5, 5.41) is 14.5. The average Bonchev–Trinajstić information content (AvgIpc) is 3.64. The van der Waals surface area contributed by atoms with Gasteiger partial charge >= 0.3 is 0 Å². The van der Waals surface area contributed by atoms with Gasteiger partial charge in [-0.2, -0.15) is 0 Å². The predicted molar refractivity (Wildman–Crippen MR) is 138 cm³/mol. The van der Waals surface area contributed by atoms with Crippen molar-refractivity contribution >= 4 is 0 Å². The molecule has 0 saturated carbocycles. The van der Waals surface area contributed by atoms with Crippen LogP contribution >= 0.6 is 0 Å². The van der Waals surface area contributed by atoms with Gasteiger partial charge in [0.15, 0.2) is 29.3 Å². The Bertz CT molecular complexity index is 1370. The van der Waals surface area contributed by atoms with Crippen LogP contribution in [0, 0.1) is 5.92 Å². The van der Waals surface area contributed by atoms with Gasteiger partial charge in [0.1, 0.15) is 18.8 Å². The van der Waals surface area contributed by atoms with Crippen LogP contribution in [0.5, 0.6) is 17.2 Å². The first kappa shape index (κ1) is 23.3. The Morgan fingerprint density at radius 1 is 0.895 bits per heavy atom. The number of nitrogens with zero attached hydrogens (tertiary/aromatic N) is 2. The minimum absolute atomic E-state index is 0.118. The molecule has 38 heavy (non-hydrogen) atoms. The van der Waals surface area contributed by atoms with E-state index >= 15 is 0 Å². The van der Waals surface area contributed by atoms with E-state index in [1.54, 1.807) is 6.20 Å². The molecule has 0 amide bonds. The molecule has 3 fully saturated rings. The molecule has 3 saturated heterocycles. The maximum absolute atomic E-state index is 14.5. The highest BCUT2D eigenvalue weighted by Gasteiger charge is 2.48. The van der Waals surface area contributed by atoms with E-state index in [4.69, 9.17) is 18.6 Å². The minimum Gasteiger partial charge on any atom is -0.836 e. The van der Waals surface area contributed by atoms with Crippen LogP contribution in [0.2, 0.25) is 0 Å². The smallest absolute Gasteiger partial charge is 0.231 e. The highest BCUT2D eigenvalue weighted by molar-refractivity contribution is 5.47. The summed E-state index contributed by atoms with van der Waals surface area (Å²) in [5.41, 5.74) is -0.494. The average molecular weight is 511 g/mol. The molecule has 1 aromatic heterocycles. The molecule has 8 rings (SSSR count). The summed E-state index contributed by atoms with van der Waals surface area (Å²) in [5.74, 6) is 3.78. The molecule has 7 nitrogen and oxygen atoms in total. The molecule has 4 aliphatic rings. The highest BCUT2D eigenvalue weighted by atomic mass is 16.7. The summed E-state index contributed by atoms with van der Waals surface area (Å²) in [4.78, 5) is 4.56. The van der Waals surface area contributed by atoms with Crippen molar-refractivity contribution in [1.82, 2.24) is 4.98 Å². The SMILES string of the molecule is [O-]C(c1ccccc1)(c1ccccc1)c1ncc(C[N+]23CCC(CC2)[C@@H](Oc2ccc4c(c2)OCO4)C3)o1. The van der Waals surface area contributed by atoms with Crippen LogP contribution in [-0.4, -0.2) is 42.0 Å². The van der Waals surface area contributed by atoms with E-state index in [2.05, 4.69) is 4.98 Å². The van der Waals surface area contributed by atoms with Gasteiger partial charge in [0, 0.05) is 30.4 Å². The number of benzene rings is 3. The van der Waals surface area contributed by atoms with Gasteiger partial charge in [-0.05, 0) is 23.3 Å². The summed E-state index contributed by atoms with van der Waals surface area (Å²) in [6.07, 6.45) is 4.08. The van der Waals surface area contributed by atoms with Crippen molar-refractivity contribution in [3.05, 3.63) is 108 Å². The number of aromatic nitrogens is 1. The number of ether oxygens (including phenoxy) is 3. The number of hydrogen-bond donors (Lipinski definition) is 0. The normalized spacial score (nSPS) is 23.9. The van der Waals surface area contributed by atoms with Crippen LogP contribution in [0.25, 0.3) is 0 Å². The van der Waals surface area contributed by atoms with E-state index in [-0.39, 0.29) is 18.8 Å². The molecule has 2 bridgehead atoms. The third kappa shape index (κ3) is 4.03. The fourth-order valence-electron chi connectivity index (χ4n) is 6.34. The Morgan fingerprint density at radius 2 is 1.58 bits per heavy atom. The van der Waals surface area contributed by atoms with E-state index in [9.17, 15) is 5.11 Å². The molecular weight excluding hydrogens is 480 g/mol. The van der Waals surface area contributed by atoms with Crippen molar-refractivity contribution in [1.29, 1.82) is 0 Å². The fraction of sp³-hybridized carbons (Fsp3) is 0.323. The summed E-state index contributed by atoms with van der Waals surface area (Å²) < 4.78 is 24.7. The zero-order valence-electron chi connectivity index (χ0n) is 21.1. The second kappa shape index (κ2) is 9.19. The molecule has 0 aliphatic carbocycles. The fourth-order valence-corrected chi connectivity index (χ4v) is 6.34. The summed E-state index contributed by atoms with van der Waals surface area (Å²) in [6, 6.07) is 24.5. The van der Waals surface area contributed by atoms with Crippen molar-refractivity contribution in [2.24, 2.45) is 5.92 Å². The maximum Gasteiger partial charge on any atom is 0.231 e. The quantitative estimate of drug-likeness (QED) is 0.346. The topological polar surface area (TPSA) is 76.8 Å². The number of piperidine rings is 3. The lowest BCUT2D eigenvalue weighted by molar-refractivity contribution is -0.958. The van der Waals surface area contributed by atoms with E-state index < -0.39 is 5.60 Å². The van der Waals surface area contributed by atoms with Gasteiger partial charge in [0.05, 0.1) is 19.3 Å². The molecular formula is C31H30N2O5. The van der Waals surface area contributed by atoms with Gasteiger partial charge in [0.2, 0.25) is 6.79 Å². The zero-order chi connectivity index (χ0) is 25.6. The van der Waals surface area contributed by atoms with Gasteiger partial charge in [-0.3, -0.25) is 0 Å². The van der Waals surface area contributed by atoms with Crippen molar-refractivity contribution in [2.75, 3.05) is 26.4 Å². The highest BCUT2D eigenvalue weighted by Crippen LogP contribution is 2.41. The summed E-state index contributed by atoms with van der Waals surface area (Å²) in [6.45, 7) is 3.99. The largest absolute Gasteiger partial charge is 0.836 e. The van der Waals surface area contributed by atoms with E-state index in [1.807, 2.05) is 78.9 Å². The van der Waals surface area contributed by atoms with Crippen LogP contribution in [0.3, 0.4) is 0 Å². The molecule has 4 aliphatic heterocycles.